The predicted molar refractivity (Wildman–Crippen MR) is 210 cm³/mol. The number of rotatable bonds is 5. The largest absolute Gasteiger partial charge is 1.00 e. The Kier molecular flexibility index (Phi) is 12.6. The summed E-state index contributed by atoms with van der Waals surface area (Å²) in [7, 11) is 0. The molecule has 0 amide bonds. The number of phenols is 2. The Labute approximate surface area is 363 Å². The number of fused-ring (bicyclic) bond motifs is 2. The van der Waals surface area contributed by atoms with Crippen LogP contribution >= 0.6 is 0 Å². The molecule has 18 nitrogen and oxygen atoms in total. The number of pyridine rings is 2. The normalized spacial score (nSPS) is 10.1. The molecule has 0 saturated heterocycles. The fraction of sp³-hybridized carbons (Fsp3) is 0. The molecule has 61 heavy (non-hydrogen) atoms. The number of tetrazole rings is 1. The maximum atomic E-state index is 14.6. The fourth-order valence-electron chi connectivity index (χ4n) is 6.32. The molecule has 0 aliphatic carbocycles. The van der Waals surface area contributed by atoms with Gasteiger partial charge in [-0.05, 0) is 52.7 Å². The summed E-state index contributed by atoms with van der Waals surface area (Å²) in [5, 5.41) is 76.4. The Morgan fingerprint density at radius 1 is 0.623 bits per heavy atom. The Morgan fingerprint density at radius 3 is 1.46 bits per heavy atom. The number of aromatic amines is 3. The molecule has 0 saturated carbocycles. The van der Waals surface area contributed by atoms with E-state index in [1.165, 1.54) is 29.2 Å². The molecule has 9 rings (SSSR count). The van der Waals surface area contributed by atoms with E-state index in [1.54, 1.807) is 48.8 Å². The van der Waals surface area contributed by atoms with Crippen LogP contribution in [-0.4, -0.2) is 61.2 Å². The molecule has 21 heteroatoms. The second kappa shape index (κ2) is 18.3. The molecule has 0 aliphatic rings. The number of hydrogen-bond acceptors (Lipinski definition) is 12. The summed E-state index contributed by atoms with van der Waals surface area (Å²) < 4.78 is 29.0. The molecule has 0 fully saturated rings. The maximum Gasteiger partial charge on any atom is 1.00 e. The maximum absolute atomic E-state index is 14.6. The first-order valence-electron chi connectivity index (χ1n) is 17.0. The third-order valence-corrected chi connectivity index (χ3v) is 8.92. The molecule has 0 aliphatic heterocycles. The van der Waals surface area contributed by atoms with Crippen molar-refractivity contribution in [2.45, 2.75) is 0 Å². The van der Waals surface area contributed by atoms with Gasteiger partial charge in [-0.15, -0.1) is 10.2 Å². The second-order valence-electron chi connectivity index (χ2n) is 12.3. The van der Waals surface area contributed by atoms with Crippen molar-refractivity contribution in [3.63, 3.8) is 0 Å². The number of nitrogens with one attached hydrogen (secondary N) is 3. The minimum atomic E-state index is -0.691. The van der Waals surface area contributed by atoms with Gasteiger partial charge in [-0.3, -0.25) is 15.1 Å². The van der Waals surface area contributed by atoms with Gasteiger partial charge in [0.05, 0.1) is 46.5 Å². The summed E-state index contributed by atoms with van der Waals surface area (Å²) in [6, 6.07) is 27.7. The third kappa shape index (κ3) is 8.38. The molecule has 5 aromatic heterocycles. The van der Waals surface area contributed by atoms with Gasteiger partial charge in [0.1, 0.15) is 35.3 Å². The van der Waals surface area contributed by atoms with E-state index in [0.29, 0.717) is 55.7 Å². The zero-order valence-corrected chi connectivity index (χ0v) is 33.2. The van der Waals surface area contributed by atoms with Crippen LogP contribution in [0.4, 0.5) is 8.78 Å². The van der Waals surface area contributed by atoms with Gasteiger partial charge < -0.3 is 21.3 Å². The zero-order valence-electron chi connectivity index (χ0n) is 31.2. The molecule has 0 spiro atoms. The van der Waals surface area contributed by atoms with Crippen LogP contribution in [0, 0.1) is 45.6 Å². The summed E-state index contributed by atoms with van der Waals surface area (Å²) in [5.41, 5.74) is 18.9. The summed E-state index contributed by atoms with van der Waals surface area (Å²) in [5.74, 6) is -1.36. The van der Waals surface area contributed by atoms with Crippen LogP contribution in [-0.2, 0) is 0 Å². The Balaban J connectivity index is 0.000000190. The summed E-state index contributed by atoms with van der Waals surface area (Å²) in [4.78, 5) is 10.3. The third-order valence-electron chi connectivity index (χ3n) is 8.92. The van der Waals surface area contributed by atoms with Crippen LogP contribution in [0.1, 0.15) is 16.7 Å². The quantitative estimate of drug-likeness (QED) is 0.0668. The predicted octanol–water partition coefficient (Wildman–Crippen LogP) is 4.94. The number of aromatic nitrogens is 10. The molecule has 5 N–H and O–H groups in total. The standard InChI is InChI=1S/C20H11FN8O.C20H10FN5O.N3.Na/c21-16-7-12(30)5-6-13(16)18-14(8-22)17(15-9-23-25-20(15)24-18)10-1-3-11(4-2-10)19-26-28-29-27-19;21-17-7-13(27)5-6-14(17)19-15(9-23)18(16-10-24-26-20(16)25-19)12-3-1-11(8-22)2-4-12;1-3-2;/h1-7,9,30H,(H,23,24,25)(H,26,27,28,29);1-7,10,27H,(H,24,25,26);;/q;;-1;+1. The average Bonchev–Trinajstić information content (AvgIpc) is 4.07. The number of halogens is 2. The first kappa shape index (κ1) is 42.0. The zero-order chi connectivity index (χ0) is 42.3. The molecule has 0 atom stereocenters. The van der Waals surface area contributed by atoms with Crippen LogP contribution in [0.25, 0.3) is 94.2 Å². The Hall–Kier alpha value is -8.57. The molecular weight excluding hydrogens is 798 g/mol. The Bertz CT molecular complexity index is 3220. The van der Waals surface area contributed by atoms with Crippen molar-refractivity contribution in [2.75, 3.05) is 0 Å². The minimum Gasteiger partial charge on any atom is -0.508 e. The number of phenolic OH excluding ortho intramolecular Hbond substituents is 2. The van der Waals surface area contributed by atoms with Gasteiger partial charge in [0, 0.05) is 50.7 Å². The number of hydrogen-bond donors (Lipinski definition) is 5. The van der Waals surface area contributed by atoms with Gasteiger partial charge in [0.25, 0.3) is 0 Å². The van der Waals surface area contributed by atoms with Crippen molar-refractivity contribution >= 4 is 22.1 Å². The topological polar surface area (TPSA) is 308 Å². The molecule has 288 valence electrons. The van der Waals surface area contributed by atoms with E-state index in [2.05, 4.69) is 63.1 Å². The van der Waals surface area contributed by atoms with E-state index < -0.39 is 11.6 Å². The Morgan fingerprint density at radius 2 is 1.07 bits per heavy atom. The van der Waals surface area contributed by atoms with E-state index in [0.717, 1.165) is 17.7 Å². The molecule has 0 bridgehead atoms. The smallest absolute Gasteiger partial charge is 0.508 e. The number of H-pyrrole nitrogens is 3. The second-order valence-corrected chi connectivity index (χ2v) is 12.3. The van der Waals surface area contributed by atoms with Gasteiger partial charge in [0.15, 0.2) is 11.3 Å². The first-order valence-corrected chi connectivity index (χ1v) is 17.0. The van der Waals surface area contributed by atoms with Gasteiger partial charge >= 0.3 is 29.6 Å². The van der Waals surface area contributed by atoms with E-state index in [4.69, 9.17) is 16.3 Å². The molecule has 5 heterocycles. The summed E-state index contributed by atoms with van der Waals surface area (Å²) in [6.45, 7) is 0. The van der Waals surface area contributed by atoms with Gasteiger partial charge in [-0.2, -0.15) is 31.2 Å². The van der Waals surface area contributed by atoms with E-state index >= 15 is 0 Å². The van der Waals surface area contributed by atoms with Crippen LogP contribution in [0.3, 0.4) is 0 Å². The molecule has 4 aromatic carbocycles. The average molecular weight is 819 g/mol. The molecule has 9 aromatic rings. The monoisotopic (exact) mass is 818 g/mol. The van der Waals surface area contributed by atoms with Crippen molar-refractivity contribution < 1.29 is 48.6 Å². The van der Waals surface area contributed by atoms with E-state index in [1.807, 2.05) is 18.2 Å². The molecule has 0 unspecified atom stereocenters. The molecule has 0 radical (unpaired) electrons. The van der Waals surface area contributed by atoms with Crippen molar-refractivity contribution in [1.29, 1.82) is 15.8 Å². The minimum absolute atomic E-state index is 0. The fourth-order valence-corrected chi connectivity index (χ4v) is 6.32. The number of nitriles is 3. The summed E-state index contributed by atoms with van der Waals surface area (Å²) >= 11 is 0. The SMILES string of the molecule is N#Cc1c(-c2ccc(O)cc2F)nc2[nH]ncc2c1-c1ccc(-c2nn[nH]n2)cc1.N#Cc1ccc(-c2c(C#N)c(-c3ccc(O)cc3F)nc3[nH]ncc23)cc1.[N-]=[N+]=[N-].[Na+]. The van der Waals surface area contributed by atoms with Crippen molar-refractivity contribution in [2.24, 2.45) is 0 Å². The van der Waals surface area contributed by atoms with E-state index in [-0.39, 0.29) is 74.7 Å². The van der Waals surface area contributed by atoms with Gasteiger partial charge in [-0.1, -0.05) is 36.4 Å². The first-order chi connectivity index (χ1) is 29.2. The van der Waals surface area contributed by atoms with Crippen LogP contribution < -0.4 is 29.6 Å². The van der Waals surface area contributed by atoms with Crippen molar-refractivity contribution in [3.8, 4) is 85.9 Å². The van der Waals surface area contributed by atoms with Crippen molar-refractivity contribution in [1.82, 2.24) is 51.0 Å². The van der Waals surface area contributed by atoms with Crippen LogP contribution in [0.2, 0.25) is 0 Å². The number of aromatic hydroxyl groups is 2. The van der Waals surface area contributed by atoms with Gasteiger partial charge in [-0.25, -0.2) is 18.7 Å². The number of nitrogens with zero attached hydrogens (tertiary/aromatic N) is 13. The van der Waals surface area contributed by atoms with Crippen molar-refractivity contribution in [3.05, 3.63) is 142 Å². The summed E-state index contributed by atoms with van der Waals surface area (Å²) in [6.07, 6.45) is 3.12. The molecular formula is C40H21F2N16NaO2. The van der Waals surface area contributed by atoms with Gasteiger partial charge in [0.2, 0.25) is 5.82 Å². The number of benzene rings is 4. The van der Waals surface area contributed by atoms with E-state index in [9.17, 15) is 29.5 Å². The van der Waals surface area contributed by atoms with Crippen LogP contribution in [0.5, 0.6) is 11.5 Å². The van der Waals surface area contributed by atoms with Crippen LogP contribution in [0.15, 0.2) is 97.3 Å².